The number of hydrogen-bond donors (Lipinski definition) is 2. The van der Waals surface area contributed by atoms with E-state index in [2.05, 4.69) is 5.32 Å². The van der Waals surface area contributed by atoms with Gasteiger partial charge < -0.3 is 10.4 Å². The third-order valence-corrected chi connectivity index (χ3v) is 3.63. The lowest BCUT2D eigenvalue weighted by Gasteiger charge is -2.22. The Kier molecular flexibility index (Phi) is 6.12. The van der Waals surface area contributed by atoms with Crippen molar-refractivity contribution in [2.24, 2.45) is 0 Å². The molecule has 0 spiro atoms. The molecule has 2 N–H and O–H groups in total. The molecule has 0 aromatic rings. The molecule has 0 aliphatic heterocycles. The van der Waals surface area contributed by atoms with Crippen LogP contribution >= 0.6 is 0 Å². The van der Waals surface area contributed by atoms with Gasteiger partial charge in [-0.25, -0.2) is 0 Å². The van der Waals surface area contributed by atoms with E-state index < -0.39 is 12.0 Å². The number of amides is 1. The molecule has 1 amide bonds. The minimum Gasteiger partial charge on any atom is -0.480 e. The number of carbonyl (C=O) groups is 2. The van der Waals surface area contributed by atoms with Crippen molar-refractivity contribution in [3.05, 3.63) is 0 Å². The van der Waals surface area contributed by atoms with E-state index in [1.165, 1.54) is 25.7 Å². The third kappa shape index (κ3) is 5.04. The Labute approximate surface area is 109 Å². The van der Waals surface area contributed by atoms with Crippen LogP contribution in [0.15, 0.2) is 0 Å². The van der Waals surface area contributed by atoms with E-state index in [-0.39, 0.29) is 18.5 Å². The van der Waals surface area contributed by atoms with Gasteiger partial charge in [0.05, 0.1) is 6.54 Å². The summed E-state index contributed by atoms with van der Waals surface area (Å²) < 4.78 is 0. The van der Waals surface area contributed by atoms with E-state index in [1.54, 1.807) is 18.9 Å². The Morgan fingerprint density at radius 3 is 2.33 bits per heavy atom. The molecule has 0 aromatic carbocycles. The second-order valence-electron chi connectivity index (χ2n) is 5.19. The molecule has 0 radical (unpaired) electrons. The number of carboxylic acid groups (broad SMARTS) is 1. The van der Waals surface area contributed by atoms with Gasteiger partial charge in [-0.3, -0.25) is 14.5 Å². The minimum absolute atomic E-state index is 0.0718. The molecule has 18 heavy (non-hydrogen) atoms. The first-order valence-electron chi connectivity index (χ1n) is 6.73. The first-order chi connectivity index (χ1) is 8.50. The van der Waals surface area contributed by atoms with E-state index in [0.717, 1.165) is 12.8 Å². The summed E-state index contributed by atoms with van der Waals surface area (Å²) in [5.74, 6) is -0.975. The van der Waals surface area contributed by atoms with Gasteiger partial charge in [-0.2, -0.15) is 0 Å². The lowest BCUT2D eigenvalue weighted by atomic mass is 10.1. The maximum atomic E-state index is 11.8. The summed E-state index contributed by atoms with van der Waals surface area (Å²) in [6, 6.07) is -0.363. The van der Waals surface area contributed by atoms with Crippen LogP contribution in [0.25, 0.3) is 0 Å². The van der Waals surface area contributed by atoms with Crippen LogP contribution in [0.5, 0.6) is 0 Å². The predicted octanol–water partition coefficient (Wildman–Crippen LogP) is 1.23. The minimum atomic E-state index is -0.903. The van der Waals surface area contributed by atoms with Gasteiger partial charge in [0, 0.05) is 6.04 Å². The fraction of sp³-hybridized carbons (Fsp3) is 0.846. The molecule has 1 aliphatic carbocycles. The number of nitrogens with zero attached hydrogens (tertiary/aromatic N) is 1. The first kappa shape index (κ1) is 15.0. The van der Waals surface area contributed by atoms with Crippen molar-refractivity contribution >= 4 is 11.9 Å². The monoisotopic (exact) mass is 256 g/mol. The van der Waals surface area contributed by atoms with E-state index in [9.17, 15) is 9.59 Å². The summed E-state index contributed by atoms with van der Waals surface area (Å²) in [4.78, 5) is 24.1. The van der Waals surface area contributed by atoms with Crippen LogP contribution in [-0.2, 0) is 9.59 Å². The van der Waals surface area contributed by atoms with Crippen LogP contribution < -0.4 is 5.32 Å². The predicted molar refractivity (Wildman–Crippen MR) is 69.4 cm³/mol. The Hall–Kier alpha value is -1.10. The Balaban J connectivity index is 2.33. The van der Waals surface area contributed by atoms with Gasteiger partial charge in [0.1, 0.15) is 6.04 Å². The Morgan fingerprint density at radius 2 is 1.83 bits per heavy atom. The summed E-state index contributed by atoms with van der Waals surface area (Å²) >= 11 is 0. The van der Waals surface area contributed by atoms with Crippen LogP contribution in [0.2, 0.25) is 0 Å². The average molecular weight is 256 g/mol. The second-order valence-corrected chi connectivity index (χ2v) is 5.19. The first-order valence-corrected chi connectivity index (χ1v) is 6.73. The Morgan fingerprint density at radius 1 is 1.28 bits per heavy atom. The van der Waals surface area contributed by atoms with Gasteiger partial charge in [-0.1, -0.05) is 25.7 Å². The fourth-order valence-electron chi connectivity index (χ4n) is 2.25. The van der Waals surface area contributed by atoms with Crippen molar-refractivity contribution in [3.63, 3.8) is 0 Å². The van der Waals surface area contributed by atoms with Crippen LogP contribution in [0, 0.1) is 0 Å². The number of hydrogen-bond acceptors (Lipinski definition) is 3. The SMILES string of the molecule is CC(C(=O)O)N(C)CC(=O)NC1CCCCCC1. The molecular formula is C13H24N2O3. The van der Waals surface area contributed by atoms with Crippen molar-refractivity contribution < 1.29 is 14.7 Å². The number of carbonyl (C=O) groups excluding carboxylic acids is 1. The lowest BCUT2D eigenvalue weighted by molar-refractivity contribution is -0.142. The zero-order chi connectivity index (χ0) is 13.5. The molecule has 1 atom stereocenters. The molecule has 0 bridgehead atoms. The van der Waals surface area contributed by atoms with Gasteiger partial charge >= 0.3 is 5.97 Å². The summed E-state index contributed by atoms with van der Waals surface area (Å²) in [5.41, 5.74) is 0. The standard InChI is InChI=1S/C13H24N2O3/c1-10(13(17)18)15(2)9-12(16)14-11-7-5-3-4-6-8-11/h10-11H,3-9H2,1-2H3,(H,14,16)(H,17,18). The molecule has 1 aliphatic rings. The normalized spacial score (nSPS) is 19.3. The van der Waals surface area contributed by atoms with Crippen LogP contribution in [-0.4, -0.2) is 47.6 Å². The molecule has 1 fully saturated rings. The smallest absolute Gasteiger partial charge is 0.320 e. The maximum absolute atomic E-state index is 11.8. The maximum Gasteiger partial charge on any atom is 0.320 e. The van der Waals surface area contributed by atoms with E-state index in [4.69, 9.17) is 5.11 Å². The molecule has 5 nitrogen and oxygen atoms in total. The van der Waals surface area contributed by atoms with Crippen molar-refractivity contribution in [2.45, 2.75) is 57.5 Å². The number of carboxylic acids is 1. The molecule has 0 aromatic heterocycles. The molecular weight excluding hydrogens is 232 g/mol. The zero-order valence-electron chi connectivity index (χ0n) is 11.3. The molecule has 1 unspecified atom stereocenters. The van der Waals surface area contributed by atoms with Crippen molar-refractivity contribution in [1.29, 1.82) is 0 Å². The van der Waals surface area contributed by atoms with Gasteiger partial charge in [-0.15, -0.1) is 0 Å². The van der Waals surface area contributed by atoms with Gasteiger partial charge in [0.25, 0.3) is 0 Å². The summed E-state index contributed by atoms with van der Waals surface area (Å²) in [6.07, 6.45) is 6.94. The van der Waals surface area contributed by atoms with Crippen molar-refractivity contribution in [2.75, 3.05) is 13.6 Å². The molecule has 104 valence electrons. The highest BCUT2D eigenvalue weighted by molar-refractivity contribution is 5.80. The molecule has 1 rings (SSSR count). The number of nitrogens with one attached hydrogen (secondary N) is 1. The quantitative estimate of drug-likeness (QED) is 0.726. The van der Waals surface area contributed by atoms with Crippen LogP contribution in [0.1, 0.15) is 45.4 Å². The van der Waals surface area contributed by atoms with Gasteiger partial charge in [-0.05, 0) is 26.8 Å². The summed E-state index contributed by atoms with van der Waals surface area (Å²) in [7, 11) is 1.66. The summed E-state index contributed by atoms with van der Waals surface area (Å²) in [5, 5.41) is 11.9. The Bertz CT molecular complexity index is 286. The van der Waals surface area contributed by atoms with E-state index in [0.29, 0.717) is 0 Å². The molecule has 0 heterocycles. The van der Waals surface area contributed by atoms with E-state index in [1.807, 2.05) is 0 Å². The highest BCUT2D eigenvalue weighted by Gasteiger charge is 2.20. The fourth-order valence-corrected chi connectivity index (χ4v) is 2.25. The largest absolute Gasteiger partial charge is 0.480 e. The van der Waals surface area contributed by atoms with Crippen LogP contribution in [0.3, 0.4) is 0 Å². The third-order valence-electron chi connectivity index (χ3n) is 3.63. The zero-order valence-corrected chi connectivity index (χ0v) is 11.3. The average Bonchev–Trinajstić information content (AvgIpc) is 2.56. The lowest BCUT2D eigenvalue weighted by Crippen LogP contribution is -2.45. The molecule has 0 saturated heterocycles. The van der Waals surface area contributed by atoms with Gasteiger partial charge in [0.2, 0.25) is 5.91 Å². The number of rotatable bonds is 5. The number of likely N-dealkylation sites (N-methyl/N-ethyl adjacent to an activating group) is 1. The topological polar surface area (TPSA) is 69.6 Å². The molecule has 1 saturated carbocycles. The van der Waals surface area contributed by atoms with Gasteiger partial charge in [0.15, 0.2) is 0 Å². The van der Waals surface area contributed by atoms with E-state index >= 15 is 0 Å². The molecule has 5 heteroatoms. The van der Waals surface area contributed by atoms with Crippen molar-refractivity contribution in [1.82, 2.24) is 10.2 Å². The second kappa shape index (κ2) is 7.36. The number of aliphatic carboxylic acids is 1. The highest BCUT2D eigenvalue weighted by atomic mass is 16.4. The summed E-state index contributed by atoms with van der Waals surface area (Å²) in [6.45, 7) is 1.73. The highest BCUT2D eigenvalue weighted by Crippen LogP contribution is 2.17. The van der Waals surface area contributed by atoms with Crippen LogP contribution in [0.4, 0.5) is 0 Å². The van der Waals surface area contributed by atoms with Crippen molar-refractivity contribution in [3.8, 4) is 0 Å².